The van der Waals surface area contributed by atoms with Crippen molar-refractivity contribution in [3.63, 3.8) is 0 Å². The highest BCUT2D eigenvalue weighted by atomic mass is 35.5. The van der Waals surface area contributed by atoms with E-state index in [2.05, 4.69) is 5.32 Å². The minimum absolute atomic E-state index is 0.0502. The van der Waals surface area contributed by atoms with E-state index in [9.17, 15) is 14.9 Å². The van der Waals surface area contributed by atoms with E-state index in [4.69, 9.17) is 34.8 Å². The summed E-state index contributed by atoms with van der Waals surface area (Å²) in [5.41, 5.74) is 1.01. The predicted molar refractivity (Wildman–Crippen MR) is 99.5 cm³/mol. The number of hydrogen-bond acceptors (Lipinski definition) is 4. The molecule has 0 fully saturated rings. The first kappa shape index (κ1) is 19.5. The number of nitro groups is 1. The summed E-state index contributed by atoms with van der Waals surface area (Å²) in [5.74, 6) is -0.276. The molecule has 0 bridgehead atoms. The standard InChI is InChI=1S/C16H14Cl3N3O3/c1-21(8-10-4-14(22(24)25)2-3-15(10)19)9-16(23)20-13-6-11(17)5-12(18)7-13/h2-7H,8-9H2,1H3,(H,20,23). The van der Waals surface area contributed by atoms with Crippen LogP contribution in [0.15, 0.2) is 36.4 Å². The minimum Gasteiger partial charge on any atom is -0.325 e. The van der Waals surface area contributed by atoms with E-state index in [1.54, 1.807) is 30.1 Å². The summed E-state index contributed by atoms with van der Waals surface area (Å²) in [6.45, 7) is 0.341. The zero-order valence-corrected chi connectivity index (χ0v) is 15.4. The highest BCUT2D eigenvalue weighted by molar-refractivity contribution is 6.35. The molecule has 0 radical (unpaired) electrons. The number of benzene rings is 2. The molecule has 0 atom stereocenters. The van der Waals surface area contributed by atoms with Gasteiger partial charge in [-0.3, -0.25) is 19.8 Å². The highest BCUT2D eigenvalue weighted by Gasteiger charge is 2.13. The molecule has 1 amide bonds. The van der Waals surface area contributed by atoms with Crippen molar-refractivity contribution in [2.24, 2.45) is 0 Å². The van der Waals surface area contributed by atoms with Gasteiger partial charge in [0.2, 0.25) is 5.91 Å². The Labute approximate surface area is 159 Å². The molecule has 6 nitrogen and oxygen atoms in total. The Morgan fingerprint density at radius 2 is 1.80 bits per heavy atom. The van der Waals surface area contributed by atoms with E-state index < -0.39 is 4.92 Å². The predicted octanol–water partition coefficient (Wildman–Crippen LogP) is 4.63. The topological polar surface area (TPSA) is 75.5 Å². The lowest BCUT2D eigenvalue weighted by Gasteiger charge is -2.17. The molecule has 0 heterocycles. The van der Waals surface area contributed by atoms with Crippen molar-refractivity contribution in [1.82, 2.24) is 4.90 Å². The Hall–Kier alpha value is -1.86. The zero-order valence-electron chi connectivity index (χ0n) is 13.1. The molecule has 2 aromatic carbocycles. The molecule has 9 heteroatoms. The first-order valence-electron chi connectivity index (χ1n) is 7.12. The molecule has 1 N–H and O–H groups in total. The van der Waals surface area contributed by atoms with E-state index in [1.165, 1.54) is 18.2 Å². The molecule has 0 spiro atoms. The van der Waals surface area contributed by atoms with Gasteiger partial charge in [-0.25, -0.2) is 0 Å². The smallest absolute Gasteiger partial charge is 0.269 e. The molecule has 2 rings (SSSR count). The minimum atomic E-state index is -0.491. The summed E-state index contributed by atoms with van der Waals surface area (Å²) in [6.07, 6.45) is 0. The molecule has 25 heavy (non-hydrogen) atoms. The van der Waals surface area contributed by atoms with Crippen LogP contribution in [0.3, 0.4) is 0 Å². The van der Waals surface area contributed by atoms with Crippen molar-refractivity contribution in [3.05, 3.63) is 67.1 Å². The Morgan fingerprint density at radius 3 is 2.40 bits per heavy atom. The molecule has 0 saturated carbocycles. The van der Waals surface area contributed by atoms with Crippen molar-refractivity contribution < 1.29 is 9.72 Å². The number of non-ortho nitro benzene ring substituents is 1. The van der Waals surface area contributed by atoms with Crippen LogP contribution in [0.4, 0.5) is 11.4 Å². The number of nitro benzene ring substituents is 1. The third kappa shape index (κ3) is 5.86. The summed E-state index contributed by atoms with van der Waals surface area (Å²) in [6, 6.07) is 8.94. The number of nitrogens with zero attached hydrogens (tertiary/aromatic N) is 2. The van der Waals surface area contributed by atoms with Crippen LogP contribution in [0.1, 0.15) is 5.56 Å². The van der Waals surface area contributed by atoms with Gasteiger partial charge in [-0.15, -0.1) is 0 Å². The Bertz CT molecular complexity index is 794. The van der Waals surface area contributed by atoms with Gasteiger partial charge in [0.05, 0.1) is 11.5 Å². The molecule has 0 aromatic heterocycles. The van der Waals surface area contributed by atoms with Crippen molar-refractivity contribution in [2.75, 3.05) is 18.9 Å². The number of carbonyl (C=O) groups excluding carboxylic acids is 1. The average Bonchev–Trinajstić information content (AvgIpc) is 2.47. The third-order valence-corrected chi connectivity index (χ3v) is 4.05. The van der Waals surface area contributed by atoms with Crippen LogP contribution < -0.4 is 5.32 Å². The van der Waals surface area contributed by atoms with Gasteiger partial charge in [0, 0.05) is 39.4 Å². The first-order chi connectivity index (χ1) is 11.7. The van der Waals surface area contributed by atoms with E-state index in [0.29, 0.717) is 26.3 Å². The van der Waals surface area contributed by atoms with E-state index in [-0.39, 0.29) is 24.7 Å². The number of carbonyl (C=O) groups is 1. The molecule has 0 aliphatic heterocycles. The monoisotopic (exact) mass is 401 g/mol. The fourth-order valence-electron chi connectivity index (χ4n) is 2.21. The van der Waals surface area contributed by atoms with Gasteiger partial charge in [0.1, 0.15) is 0 Å². The second kappa shape index (κ2) is 8.49. The van der Waals surface area contributed by atoms with Crippen LogP contribution in [0.2, 0.25) is 15.1 Å². The fraction of sp³-hybridized carbons (Fsp3) is 0.188. The van der Waals surface area contributed by atoms with Crippen LogP contribution in [0.25, 0.3) is 0 Å². The fourth-order valence-corrected chi connectivity index (χ4v) is 2.92. The molecular formula is C16H14Cl3N3O3. The largest absolute Gasteiger partial charge is 0.325 e. The summed E-state index contributed by atoms with van der Waals surface area (Å²) >= 11 is 17.8. The van der Waals surface area contributed by atoms with Crippen molar-refractivity contribution in [3.8, 4) is 0 Å². The normalized spacial score (nSPS) is 10.8. The van der Waals surface area contributed by atoms with Crippen LogP contribution in [0.5, 0.6) is 0 Å². The second-order valence-corrected chi connectivity index (χ2v) is 6.69. The number of anilines is 1. The lowest BCUT2D eigenvalue weighted by molar-refractivity contribution is -0.384. The number of rotatable bonds is 6. The van der Waals surface area contributed by atoms with Gasteiger partial charge in [-0.2, -0.15) is 0 Å². The highest BCUT2D eigenvalue weighted by Crippen LogP contribution is 2.24. The zero-order chi connectivity index (χ0) is 18.6. The van der Waals surface area contributed by atoms with Crippen LogP contribution in [0, 0.1) is 10.1 Å². The quantitative estimate of drug-likeness (QED) is 0.565. The number of likely N-dealkylation sites (N-methyl/N-ethyl adjacent to an activating group) is 1. The number of hydrogen-bond donors (Lipinski definition) is 1. The second-order valence-electron chi connectivity index (χ2n) is 5.41. The molecule has 0 unspecified atom stereocenters. The maximum Gasteiger partial charge on any atom is 0.269 e. The van der Waals surface area contributed by atoms with Crippen LogP contribution in [-0.4, -0.2) is 29.3 Å². The van der Waals surface area contributed by atoms with Gasteiger partial charge in [0.15, 0.2) is 0 Å². The van der Waals surface area contributed by atoms with Gasteiger partial charge >= 0.3 is 0 Å². The first-order valence-corrected chi connectivity index (χ1v) is 8.25. The number of halogens is 3. The van der Waals surface area contributed by atoms with E-state index >= 15 is 0 Å². The molecule has 132 valence electrons. The van der Waals surface area contributed by atoms with Crippen molar-refractivity contribution >= 4 is 52.1 Å². The summed E-state index contributed by atoms with van der Waals surface area (Å²) in [5, 5.41) is 14.8. The maximum atomic E-state index is 12.1. The number of nitrogens with one attached hydrogen (secondary N) is 1. The Balaban J connectivity index is 2.00. The van der Waals surface area contributed by atoms with Crippen LogP contribution >= 0.6 is 34.8 Å². The molecular weight excluding hydrogens is 389 g/mol. The molecule has 0 aliphatic carbocycles. The van der Waals surface area contributed by atoms with E-state index in [1.807, 2.05) is 0 Å². The van der Waals surface area contributed by atoms with Gasteiger partial charge in [-0.1, -0.05) is 34.8 Å². The Kier molecular flexibility index (Phi) is 6.61. The van der Waals surface area contributed by atoms with E-state index in [0.717, 1.165) is 0 Å². The molecule has 2 aromatic rings. The van der Waals surface area contributed by atoms with Gasteiger partial charge in [-0.05, 0) is 36.9 Å². The Morgan fingerprint density at radius 1 is 1.16 bits per heavy atom. The third-order valence-electron chi connectivity index (χ3n) is 3.24. The van der Waals surface area contributed by atoms with Gasteiger partial charge < -0.3 is 5.32 Å². The van der Waals surface area contributed by atoms with Crippen molar-refractivity contribution in [2.45, 2.75) is 6.54 Å². The molecule has 0 saturated heterocycles. The lowest BCUT2D eigenvalue weighted by Crippen LogP contribution is -2.30. The average molecular weight is 403 g/mol. The number of amides is 1. The van der Waals surface area contributed by atoms with Gasteiger partial charge in [0.25, 0.3) is 5.69 Å². The summed E-state index contributed by atoms with van der Waals surface area (Å²) in [4.78, 5) is 24.2. The SMILES string of the molecule is CN(CC(=O)Nc1cc(Cl)cc(Cl)c1)Cc1cc([N+](=O)[O-])ccc1Cl. The maximum absolute atomic E-state index is 12.1. The van der Waals surface area contributed by atoms with Crippen LogP contribution in [-0.2, 0) is 11.3 Å². The lowest BCUT2D eigenvalue weighted by atomic mass is 10.2. The van der Waals surface area contributed by atoms with Crippen molar-refractivity contribution in [1.29, 1.82) is 0 Å². The summed E-state index contributed by atoms with van der Waals surface area (Å²) in [7, 11) is 1.71. The molecule has 0 aliphatic rings. The summed E-state index contributed by atoms with van der Waals surface area (Å²) < 4.78 is 0.